The van der Waals surface area contributed by atoms with E-state index in [4.69, 9.17) is 16.0 Å². The fourth-order valence-corrected chi connectivity index (χ4v) is 1.88. The van der Waals surface area contributed by atoms with E-state index in [-0.39, 0.29) is 5.28 Å². The maximum Gasteiger partial charge on any atom is 0.224 e. The smallest absolute Gasteiger partial charge is 0.224 e. The third kappa shape index (κ3) is 2.58. The predicted molar refractivity (Wildman–Crippen MR) is 74.5 cm³/mol. The van der Waals surface area contributed by atoms with Crippen LogP contribution in [0.4, 0.5) is 11.5 Å². The van der Waals surface area contributed by atoms with Crippen LogP contribution >= 0.6 is 11.6 Å². The van der Waals surface area contributed by atoms with Gasteiger partial charge >= 0.3 is 0 Å². The number of nitrogens with zero attached hydrogens (tertiary/aromatic N) is 2. The molecular formula is C14H10ClN3O. The molecule has 94 valence electrons. The third-order valence-electron chi connectivity index (χ3n) is 2.63. The Kier molecular flexibility index (Phi) is 3.16. The van der Waals surface area contributed by atoms with E-state index in [0.717, 1.165) is 16.8 Å². The molecule has 0 unspecified atom stereocenters. The summed E-state index contributed by atoms with van der Waals surface area (Å²) in [6.07, 6.45) is 4.92. The zero-order chi connectivity index (χ0) is 13.1. The van der Waals surface area contributed by atoms with E-state index in [9.17, 15) is 0 Å². The van der Waals surface area contributed by atoms with Gasteiger partial charge in [-0.25, -0.2) is 4.98 Å². The minimum Gasteiger partial charge on any atom is -0.472 e. The molecular weight excluding hydrogens is 262 g/mol. The average molecular weight is 272 g/mol. The molecule has 1 N–H and O–H groups in total. The van der Waals surface area contributed by atoms with Gasteiger partial charge in [0, 0.05) is 23.0 Å². The Bertz CT molecular complexity index is 668. The van der Waals surface area contributed by atoms with Gasteiger partial charge in [-0.1, -0.05) is 18.2 Å². The summed E-state index contributed by atoms with van der Waals surface area (Å²) in [6, 6.07) is 11.6. The van der Waals surface area contributed by atoms with E-state index >= 15 is 0 Å². The van der Waals surface area contributed by atoms with Crippen LogP contribution in [0.2, 0.25) is 5.28 Å². The molecule has 3 rings (SSSR count). The normalized spacial score (nSPS) is 10.4. The molecule has 0 saturated carbocycles. The summed E-state index contributed by atoms with van der Waals surface area (Å²) in [6.45, 7) is 0. The molecule has 0 atom stereocenters. The second-order valence-corrected chi connectivity index (χ2v) is 4.24. The largest absolute Gasteiger partial charge is 0.472 e. The number of benzene rings is 1. The van der Waals surface area contributed by atoms with Crippen LogP contribution in [0.25, 0.3) is 11.1 Å². The molecule has 0 aliphatic carbocycles. The fourth-order valence-electron chi connectivity index (χ4n) is 1.74. The second kappa shape index (κ2) is 5.12. The van der Waals surface area contributed by atoms with E-state index < -0.39 is 0 Å². The number of anilines is 2. The topological polar surface area (TPSA) is 51.0 Å². The molecule has 5 heteroatoms. The van der Waals surface area contributed by atoms with Gasteiger partial charge in [-0.2, -0.15) is 4.98 Å². The first kappa shape index (κ1) is 11.7. The first-order valence-electron chi connectivity index (χ1n) is 5.70. The molecule has 4 nitrogen and oxygen atoms in total. The summed E-state index contributed by atoms with van der Waals surface area (Å²) < 4.78 is 5.09. The van der Waals surface area contributed by atoms with Gasteiger partial charge in [-0.15, -0.1) is 0 Å². The molecule has 0 radical (unpaired) electrons. The number of para-hydroxylation sites is 1. The highest BCUT2D eigenvalue weighted by Crippen LogP contribution is 2.29. The summed E-state index contributed by atoms with van der Waals surface area (Å²) in [4.78, 5) is 8.24. The van der Waals surface area contributed by atoms with Crippen LogP contribution in [0, 0.1) is 0 Å². The SMILES string of the molecule is Clc1ncc(-c2ccoc2)c(Nc2ccccc2)n1. The first-order chi connectivity index (χ1) is 9.33. The molecule has 3 aromatic rings. The highest BCUT2D eigenvalue weighted by Gasteiger charge is 2.10. The molecule has 0 aliphatic rings. The molecule has 0 bridgehead atoms. The van der Waals surface area contributed by atoms with Gasteiger partial charge in [-0.3, -0.25) is 0 Å². The van der Waals surface area contributed by atoms with Crippen molar-refractivity contribution in [2.45, 2.75) is 0 Å². The molecule has 2 heterocycles. The van der Waals surface area contributed by atoms with Crippen LogP contribution in [-0.4, -0.2) is 9.97 Å². The van der Waals surface area contributed by atoms with Crippen molar-refractivity contribution < 1.29 is 4.42 Å². The lowest BCUT2D eigenvalue weighted by molar-refractivity contribution is 0.568. The summed E-state index contributed by atoms with van der Waals surface area (Å²) in [5.74, 6) is 0.646. The lowest BCUT2D eigenvalue weighted by Gasteiger charge is -2.09. The molecule has 2 aromatic heterocycles. The zero-order valence-corrected chi connectivity index (χ0v) is 10.6. The number of aromatic nitrogens is 2. The Balaban J connectivity index is 2.02. The Morgan fingerprint density at radius 3 is 2.68 bits per heavy atom. The predicted octanol–water partition coefficient (Wildman–Crippen LogP) is 4.13. The summed E-state index contributed by atoms with van der Waals surface area (Å²) in [5, 5.41) is 3.42. The van der Waals surface area contributed by atoms with Crippen LogP contribution in [0.1, 0.15) is 0 Å². The molecule has 0 amide bonds. The van der Waals surface area contributed by atoms with Crippen molar-refractivity contribution in [3.8, 4) is 11.1 Å². The van der Waals surface area contributed by atoms with Crippen molar-refractivity contribution in [3.63, 3.8) is 0 Å². The second-order valence-electron chi connectivity index (χ2n) is 3.90. The van der Waals surface area contributed by atoms with Gasteiger partial charge in [0.1, 0.15) is 5.82 Å². The monoisotopic (exact) mass is 271 g/mol. The van der Waals surface area contributed by atoms with Crippen molar-refractivity contribution in [1.82, 2.24) is 9.97 Å². The van der Waals surface area contributed by atoms with E-state index in [0.29, 0.717) is 5.82 Å². The maximum absolute atomic E-state index is 5.86. The number of furan rings is 1. The molecule has 0 spiro atoms. The first-order valence-corrected chi connectivity index (χ1v) is 6.08. The van der Waals surface area contributed by atoms with Crippen LogP contribution < -0.4 is 5.32 Å². The van der Waals surface area contributed by atoms with Crippen molar-refractivity contribution in [2.75, 3.05) is 5.32 Å². The van der Waals surface area contributed by atoms with Crippen molar-refractivity contribution in [3.05, 3.63) is 60.4 Å². The maximum atomic E-state index is 5.86. The number of hydrogen-bond acceptors (Lipinski definition) is 4. The van der Waals surface area contributed by atoms with Gasteiger partial charge in [-0.05, 0) is 29.8 Å². The minimum absolute atomic E-state index is 0.200. The lowest BCUT2D eigenvalue weighted by Crippen LogP contribution is -1.97. The van der Waals surface area contributed by atoms with Crippen LogP contribution in [0.3, 0.4) is 0 Å². The van der Waals surface area contributed by atoms with Gasteiger partial charge in [0.05, 0.1) is 12.5 Å². The Morgan fingerprint density at radius 2 is 1.95 bits per heavy atom. The van der Waals surface area contributed by atoms with Crippen molar-refractivity contribution >= 4 is 23.1 Å². The Labute approximate surface area is 115 Å². The Morgan fingerprint density at radius 1 is 1.11 bits per heavy atom. The fraction of sp³-hybridized carbons (Fsp3) is 0. The minimum atomic E-state index is 0.200. The Hall–Kier alpha value is -2.33. The van der Waals surface area contributed by atoms with Gasteiger partial charge < -0.3 is 9.73 Å². The van der Waals surface area contributed by atoms with Gasteiger partial charge in [0.2, 0.25) is 5.28 Å². The zero-order valence-electron chi connectivity index (χ0n) is 9.88. The molecule has 19 heavy (non-hydrogen) atoms. The van der Waals surface area contributed by atoms with Crippen LogP contribution in [0.5, 0.6) is 0 Å². The van der Waals surface area contributed by atoms with Crippen LogP contribution in [-0.2, 0) is 0 Å². The van der Waals surface area contributed by atoms with Crippen LogP contribution in [0.15, 0.2) is 59.5 Å². The highest BCUT2D eigenvalue weighted by atomic mass is 35.5. The van der Waals surface area contributed by atoms with E-state index in [1.165, 1.54) is 0 Å². The standard InChI is InChI=1S/C14H10ClN3O/c15-14-16-8-12(10-6-7-19-9-10)13(18-14)17-11-4-2-1-3-5-11/h1-9H,(H,16,17,18). The van der Waals surface area contributed by atoms with E-state index in [2.05, 4.69) is 15.3 Å². The van der Waals surface area contributed by atoms with E-state index in [1.807, 2.05) is 36.4 Å². The van der Waals surface area contributed by atoms with Gasteiger partial charge in [0.25, 0.3) is 0 Å². The van der Waals surface area contributed by atoms with Crippen molar-refractivity contribution in [1.29, 1.82) is 0 Å². The quantitative estimate of drug-likeness (QED) is 0.728. The van der Waals surface area contributed by atoms with Crippen molar-refractivity contribution in [2.24, 2.45) is 0 Å². The molecule has 1 aromatic carbocycles. The van der Waals surface area contributed by atoms with E-state index in [1.54, 1.807) is 18.7 Å². The number of nitrogens with one attached hydrogen (secondary N) is 1. The average Bonchev–Trinajstić information content (AvgIpc) is 2.94. The molecule has 0 saturated heterocycles. The molecule has 0 aliphatic heterocycles. The highest BCUT2D eigenvalue weighted by molar-refractivity contribution is 6.28. The summed E-state index contributed by atoms with van der Waals surface area (Å²) in [5.41, 5.74) is 2.67. The third-order valence-corrected chi connectivity index (χ3v) is 2.81. The lowest BCUT2D eigenvalue weighted by atomic mass is 10.1. The number of rotatable bonds is 3. The molecule has 0 fully saturated rings. The van der Waals surface area contributed by atoms with Gasteiger partial charge in [0.15, 0.2) is 0 Å². The summed E-state index contributed by atoms with van der Waals surface area (Å²) >= 11 is 5.86. The summed E-state index contributed by atoms with van der Waals surface area (Å²) in [7, 11) is 0. The number of halogens is 1. The number of hydrogen-bond donors (Lipinski definition) is 1.